The molecule has 158 valence electrons. The molecule has 0 radical (unpaired) electrons. The van der Waals surface area contributed by atoms with Gasteiger partial charge in [0.2, 0.25) is 15.9 Å². The van der Waals surface area contributed by atoms with Gasteiger partial charge in [0, 0.05) is 6.54 Å². The van der Waals surface area contributed by atoms with E-state index in [1.54, 1.807) is 20.1 Å². The minimum Gasteiger partial charge on any atom is -0.497 e. The monoisotopic (exact) mass is 418 g/mol. The molecule has 0 aliphatic heterocycles. The van der Waals surface area contributed by atoms with E-state index in [9.17, 15) is 13.2 Å². The number of amides is 1. The van der Waals surface area contributed by atoms with Crippen molar-refractivity contribution in [2.75, 3.05) is 24.2 Å². The predicted octanol–water partition coefficient (Wildman–Crippen LogP) is 3.22. The number of methoxy groups -OCH3 is 1. The molecule has 0 aromatic heterocycles. The van der Waals surface area contributed by atoms with Crippen LogP contribution in [-0.2, 0) is 21.2 Å². The third-order valence-corrected chi connectivity index (χ3v) is 6.02. The number of carbonyl (C=O) groups excluding carboxylic acids is 1. The summed E-state index contributed by atoms with van der Waals surface area (Å²) in [5.74, 6) is 0.495. The number of carbonyl (C=O) groups is 1. The van der Waals surface area contributed by atoms with Gasteiger partial charge in [0.1, 0.15) is 11.8 Å². The van der Waals surface area contributed by atoms with Gasteiger partial charge in [0.25, 0.3) is 0 Å². The second-order valence-corrected chi connectivity index (χ2v) is 9.13. The summed E-state index contributed by atoms with van der Waals surface area (Å²) in [6, 6.07) is 12.5. The van der Waals surface area contributed by atoms with Crippen LogP contribution in [0.15, 0.2) is 42.5 Å². The SMILES string of the molecule is COc1ccc(CCCNC(=O)[C@H](C)N(c2cc(C)ccc2C)S(C)(=O)=O)cc1. The topological polar surface area (TPSA) is 75.7 Å². The molecule has 7 heteroatoms. The lowest BCUT2D eigenvalue weighted by atomic mass is 10.1. The van der Waals surface area contributed by atoms with Gasteiger partial charge in [-0.25, -0.2) is 8.42 Å². The van der Waals surface area contributed by atoms with Crippen LogP contribution in [0.4, 0.5) is 5.69 Å². The summed E-state index contributed by atoms with van der Waals surface area (Å²) in [5.41, 5.74) is 3.43. The Balaban J connectivity index is 2.01. The van der Waals surface area contributed by atoms with Gasteiger partial charge >= 0.3 is 0 Å². The number of nitrogens with zero attached hydrogens (tertiary/aromatic N) is 1. The number of anilines is 1. The van der Waals surface area contributed by atoms with Gasteiger partial charge < -0.3 is 10.1 Å². The fourth-order valence-corrected chi connectivity index (χ4v) is 4.41. The Morgan fingerprint density at radius 1 is 1.14 bits per heavy atom. The van der Waals surface area contributed by atoms with E-state index in [0.717, 1.165) is 41.5 Å². The van der Waals surface area contributed by atoms with Crippen molar-refractivity contribution in [2.24, 2.45) is 0 Å². The Kier molecular flexibility index (Phi) is 7.67. The van der Waals surface area contributed by atoms with Gasteiger partial charge in [-0.3, -0.25) is 9.10 Å². The van der Waals surface area contributed by atoms with Gasteiger partial charge in [0.05, 0.1) is 19.1 Å². The van der Waals surface area contributed by atoms with E-state index >= 15 is 0 Å². The van der Waals surface area contributed by atoms with Crippen LogP contribution in [-0.4, -0.2) is 40.3 Å². The summed E-state index contributed by atoms with van der Waals surface area (Å²) < 4.78 is 31.2. The first-order valence-electron chi connectivity index (χ1n) is 9.60. The largest absolute Gasteiger partial charge is 0.497 e. The Morgan fingerprint density at radius 2 is 1.79 bits per heavy atom. The Labute approximate surface area is 173 Å². The quantitative estimate of drug-likeness (QED) is 0.635. The number of nitrogens with one attached hydrogen (secondary N) is 1. The maximum Gasteiger partial charge on any atom is 0.243 e. The molecule has 0 saturated heterocycles. The molecule has 29 heavy (non-hydrogen) atoms. The zero-order valence-electron chi connectivity index (χ0n) is 17.7. The fourth-order valence-electron chi connectivity index (χ4n) is 3.18. The molecule has 0 unspecified atom stereocenters. The number of aryl methyl sites for hydroxylation is 3. The van der Waals surface area contributed by atoms with Crippen molar-refractivity contribution in [2.45, 2.75) is 39.7 Å². The molecule has 1 amide bonds. The molecule has 0 aliphatic rings. The lowest BCUT2D eigenvalue weighted by Crippen LogP contribution is -2.48. The van der Waals surface area contributed by atoms with Crippen molar-refractivity contribution in [3.63, 3.8) is 0 Å². The van der Waals surface area contributed by atoms with Gasteiger partial charge in [-0.2, -0.15) is 0 Å². The van der Waals surface area contributed by atoms with E-state index in [0.29, 0.717) is 12.2 Å². The molecule has 0 spiro atoms. The maximum absolute atomic E-state index is 12.7. The zero-order chi connectivity index (χ0) is 21.6. The van der Waals surface area contributed by atoms with Crippen LogP contribution in [0.2, 0.25) is 0 Å². The van der Waals surface area contributed by atoms with E-state index in [1.807, 2.05) is 50.2 Å². The van der Waals surface area contributed by atoms with Crippen LogP contribution in [0.3, 0.4) is 0 Å². The molecule has 1 atom stereocenters. The van der Waals surface area contributed by atoms with Gasteiger partial charge in [-0.15, -0.1) is 0 Å². The first-order valence-corrected chi connectivity index (χ1v) is 11.5. The summed E-state index contributed by atoms with van der Waals surface area (Å²) in [6.45, 7) is 5.82. The molecular formula is C22H30N2O4S. The second-order valence-electron chi connectivity index (χ2n) is 7.27. The molecule has 2 aromatic carbocycles. The molecule has 0 aliphatic carbocycles. The summed E-state index contributed by atoms with van der Waals surface area (Å²) in [6.07, 6.45) is 2.70. The average Bonchev–Trinajstić information content (AvgIpc) is 2.67. The van der Waals surface area contributed by atoms with Gasteiger partial charge in [0.15, 0.2) is 0 Å². The van der Waals surface area contributed by atoms with Gasteiger partial charge in [-0.1, -0.05) is 24.3 Å². The highest BCUT2D eigenvalue weighted by atomic mass is 32.2. The normalized spacial score (nSPS) is 12.3. The number of sulfonamides is 1. The number of hydrogen-bond donors (Lipinski definition) is 1. The molecule has 1 N–H and O–H groups in total. The molecule has 6 nitrogen and oxygen atoms in total. The Bertz CT molecular complexity index is 940. The minimum absolute atomic E-state index is 0.314. The van der Waals surface area contributed by atoms with Crippen LogP contribution in [0.1, 0.15) is 30.0 Å². The molecule has 0 fully saturated rings. The highest BCUT2D eigenvalue weighted by Crippen LogP contribution is 2.26. The minimum atomic E-state index is -3.62. The van der Waals surface area contributed by atoms with Crippen LogP contribution < -0.4 is 14.4 Å². The van der Waals surface area contributed by atoms with Crippen LogP contribution in [0.25, 0.3) is 0 Å². The fraction of sp³-hybridized carbons (Fsp3) is 0.409. The van der Waals surface area contributed by atoms with E-state index in [4.69, 9.17) is 4.74 Å². The van der Waals surface area contributed by atoms with E-state index in [1.165, 1.54) is 4.31 Å². The molecule has 2 aromatic rings. The zero-order valence-corrected chi connectivity index (χ0v) is 18.5. The molecule has 2 rings (SSSR count). The Morgan fingerprint density at radius 3 is 2.38 bits per heavy atom. The van der Waals surface area contributed by atoms with Crippen LogP contribution >= 0.6 is 0 Å². The molecule has 0 bridgehead atoms. The number of hydrogen-bond acceptors (Lipinski definition) is 4. The van der Waals surface area contributed by atoms with Crippen molar-refractivity contribution >= 4 is 21.6 Å². The van der Waals surface area contributed by atoms with Crippen molar-refractivity contribution in [3.05, 3.63) is 59.2 Å². The second kappa shape index (κ2) is 9.78. The predicted molar refractivity (Wildman–Crippen MR) is 117 cm³/mol. The standard InChI is InChI=1S/C22H30N2O4S/c1-16-8-9-17(2)21(15-16)24(29(5,26)27)18(3)22(25)23-14-6-7-19-10-12-20(28-4)13-11-19/h8-13,15,18H,6-7,14H2,1-5H3,(H,23,25)/t18-/m0/s1. The summed E-state index contributed by atoms with van der Waals surface area (Å²) in [4.78, 5) is 12.7. The summed E-state index contributed by atoms with van der Waals surface area (Å²) in [7, 11) is -1.99. The van der Waals surface area contributed by atoms with Crippen molar-refractivity contribution in [1.82, 2.24) is 5.32 Å². The van der Waals surface area contributed by atoms with E-state index in [-0.39, 0.29) is 5.91 Å². The highest BCUT2D eigenvalue weighted by Gasteiger charge is 2.29. The third kappa shape index (κ3) is 6.22. The third-order valence-electron chi connectivity index (χ3n) is 4.79. The van der Waals surface area contributed by atoms with Crippen LogP contribution in [0.5, 0.6) is 5.75 Å². The van der Waals surface area contributed by atoms with Crippen LogP contribution in [0, 0.1) is 13.8 Å². The summed E-state index contributed by atoms with van der Waals surface area (Å²) in [5, 5.41) is 2.86. The average molecular weight is 419 g/mol. The molecule has 0 heterocycles. The smallest absolute Gasteiger partial charge is 0.243 e. The van der Waals surface area contributed by atoms with Crippen molar-refractivity contribution < 1.29 is 17.9 Å². The maximum atomic E-state index is 12.7. The van der Waals surface area contributed by atoms with E-state index < -0.39 is 16.1 Å². The highest BCUT2D eigenvalue weighted by molar-refractivity contribution is 7.92. The Hall–Kier alpha value is -2.54. The first kappa shape index (κ1) is 22.7. The molecule has 0 saturated carbocycles. The molecular weight excluding hydrogens is 388 g/mol. The first-order chi connectivity index (χ1) is 13.6. The number of rotatable bonds is 9. The van der Waals surface area contributed by atoms with Crippen molar-refractivity contribution in [3.8, 4) is 5.75 Å². The summed E-state index contributed by atoms with van der Waals surface area (Å²) >= 11 is 0. The lowest BCUT2D eigenvalue weighted by Gasteiger charge is -2.29. The lowest BCUT2D eigenvalue weighted by molar-refractivity contribution is -0.121. The van der Waals surface area contributed by atoms with Gasteiger partial charge in [-0.05, 0) is 68.5 Å². The van der Waals surface area contributed by atoms with E-state index in [2.05, 4.69) is 5.32 Å². The number of ether oxygens (including phenoxy) is 1. The van der Waals surface area contributed by atoms with Crippen molar-refractivity contribution in [1.29, 1.82) is 0 Å². The number of benzene rings is 2.